The Morgan fingerprint density at radius 2 is 1.92 bits per heavy atom. The first-order valence-electron chi connectivity index (χ1n) is 8.09. The molecule has 1 aliphatic rings. The van der Waals surface area contributed by atoms with Crippen LogP contribution in [-0.2, 0) is 4.79 Å². The molecule has 1 fully saturated rings. The largest absolute Gasteiger partial charge is 0.493 e. The number of hydrogen-bond acceptors (Lipinski definition) is 4. The van der Waals surface area contributed by atoms with Crippen LogP contribution in [-0.4, -0.2) is 36.7 Å². The lowest BCUT2D eigenvalue weighted by Crippen LogP contribution is -2.42. The second-order valence-electron chi connectivity index (χ2n) is 5.91. The highest BCUT2D eigenvalue weighted by Gasteiger charge is 2.31. The number of carboxylic acids is 1. The zero-order valence-electron chi connectivity index (χ0n) is 13.8. The average molecular weight is 357 g/mol. The van der Waals surface area contributed by atoms with Crippen molar-refractivity contribution in [2.24, 2.45) is 5.92 Å². The van der Waals surface area contributed by atoms with Crippen molar-refractivity contribution >= 4 is 11.9 Å². The van der Waals surface area contributed by atoms with Crippen molar-refractivity contribution in [3.63, 3.8) is 0 Å². The van der Waals surface area contributed by atoms with Gasteiger partial charge in [-0.1, -0.05) is 19.3 Å². The highest BCUT2D eigenvalue weighted by Crippen LogP contribution is 2.30. The highest BCUT2D eigenvalue weighted by atomic mass is 19.3. The third-order valence-electron chi connectivity index (χ3n) is 4.29. The Bertz CT molecular complexity index is 623. The van der Waals surface area contributed by atoms with Crippen LogP contribution in [0.4, 0.5) is 8.78 Å². The van der Waals surface area contributed by atoms with E-state index in [9.17, 15) is 23.5 Å². The number of halogens is 2. The predicted molar refractivity (Wildman–Crippen MR) is 85.1 cm³/mol. The predicted octanol–water partition coefficient (Wildman–Crippen LogP) is 3.06. The van der Waals surface area contributed by atoms with E-state index >= 15 is 0 Å². The Balaban J connectivity index is 2.17. The number of methoxy groups -OCH3 is 1. The first-order valence-corrected chi connectivity index (χ1v) is 8.09. The van der Waals surface area contributed by atoms with E-state index in [-0.39, 0.29) is 17.1 Å². The summed E-state index contributed by atoms with van der Waals surface area (Å²) in [7, 11) is 1.30. The van der Waals surface area contributed by atoms with Crippen LogP contribution in [0.3, 0.4) is 0 Å². The Morgan fingerprint density at radius 3 is 2.56 bits per heavy atom. The minimum Gasteiger partial charge on any atom is -0.493 e. The highest BCUT2D eigenvalue weighted by molar-refractivity contribution is 5.95. The van der Waals surface area contributed by atoms with Gasteiger partial charge < -0.3 is 19.9 Å². The smallest absolute Gasteiger partial charge is 0.387 e. The second-order valence-corrected chi connectivity index (χ2v) is 5.91. The second kappa shape index (κ2) is 8.64. The number of benzene rings is 1. The first-order chi connectivity index (χ1) is 11.9. The molecule has 0 radical (unpaired) electrons. The number of carbonyl (C=O) groups excluding carboxylic acids is 1. The van der Waals surface area contributed by atoms with Crippen molar-refractivity contribution in [1.82, 2.24) is 5.32 Å². The average Bonchev–Trinajstić information content (AvgIpc) is 2.79. The summed E-state index contributed by atoms with van der Waals surface area (Å²) >= 11 is 0. The topological polar surface area (TPSA) is 84.9 Å². The van der Waals surface area contributed by atoms with E-state index in [4.69, 9.17) is 4.74 Å². The molecular weight excluding hydrogens is 336 g/mol. The fraction of sp³-hybridized carbons (Fsp3) is 0.529. The lowest BCUT2D eigenvalue weighted by atomic mass is 9.94. The van der Waals surface area contributed by atoms with E-state index in [1.807, 2.05) is 0 Å². The number of amides is 1. The van der Waals surface area contributed by atoms with Crippen molar-refractivity contribution in [1.29, 1.82) is 0 Å². The van der Waals surface area contributed by atoms with Gasteiger partial charge in [-0.3, -0.25) is 9.59 Å². The minimum atomic E-state index is -3.05. The maximum absolute atomic E-state index is 12.5. The van der Waals surface area contributed by atoms with E-state index in [0.29, 0.717) is 12.8 Å². The lowest BCUT2D eigenvalue weighted by molar-refractivity contribution is -0.142. The van der Waals surface area contributed by atoms with E-state index in [1.54, 1.807) is 0 Å². The molecule has 2 rings (SSSR count). The molecule has 6 nitrogen and oxygen atoms in total. The summed E-state index contributed by atoms with van der Waals surface area (Å²) in [4.78, 5) is 23.9. The summed E-state index contributed by atoms with van der Waals surface area (Å²) in [5, 5.41) is 12.1. The van der Waals surface area contributed by atoms with Gasteiger partial charge >= 0.3 is 12.6 Å². The molecule has 0 aromatic heterocycles. The molecule has 0 aliphatic heterocycles. The number of ether oxygens (including phenoxy) is 2. The number of rotatable bonds is 6. The van der Waals surface area contributed by atoms with E-state index in [1.165, 1.54) is 19.2 Å². The number of aliphatic carboxylic acids is 1. The molecule has 2 atom stereocenters. The first kappa shape index (κ1) is 19.0. The van der Waals surface area contributed by atoms with Gasteiger partial charge in [-0.05, 0) is 31.0 Å². The van der Waals surface area contributed by atoms with Gasteiger partial charge in [0.05, 0.1) is 13.0 Å². The van der Waals surface area contributed by atoms with Crippen LogP contribution in [0, 0.1) is 5.92 Å². The molecule has 0 spiro atoms. The molecule has 0 heterocycles. The van der Waals surface area contributed by atoms with Crippen molar-refractivity contribution in [2.45, 2.75) is 44.8 Å². The fourth-order valence-electron chi connectivity index (χ4n) is 3.03. The van der Waals surface area contributed by atoms with Crippen molar-refractivity contribution in [3.8, 4) is 11.5 Å². The van der Waals surface area contributed by atoms with Crippen LogP contribution in [0.25, 0.3) is 0 Å². The molecule has 1 aromatic rings. The molecular formula is C17H21F2NO5. The van der Waals surface area contributed by atoms with Crippen molar-refractivity contribution in [3.05, 3.63) is 23.8 Å². The zero-order chi connectivity index (χ0) is 18.4. The number of carboxylic acid groups (broad SMARTS) is 1. The van der Waals surface area contributed by atoms with Gasteiger partial charge in [0.25, 0.3) is 5.91 Å². The molecule has 1 aromatic carbocycles. The van der Waals surface area contributed by atoms with Gasteiger partial charge in [0, 0.05) is 11.6 Å². The lowest BCUT2D eigenvalue weighted by Gasteiger charge is -2.23. The SMILES string of the molecule is COc1ccc(C(=O)N[C@H]2CCCCC[C@H]2C(=O)O)cc1OC(F)F. The number of hydrogen-bond donors (Lipinski definition) is 2. The Hall–Kier alpha value is -2.38. The Labute approximate surface area is 144 Å². The van der Waals surface area contributed by atoms with E-state index in [0.717, 1.165) is 25.3 Å². The van der Waals surface area contributed by atoms with Crippen LogP contribution in [0.5, 0.6) is 11.5 Å². The van der Waals surface area contributed by atoms with E-state index in [2.05, 4.69) is 10.1 Å². The molecule has 8 heteroatoms. The normalized spacial score (nSPS) is 20.6. The van der Waals surface area contributed by atoms with Crippen LogP contribution < -0.4 is 14.8 Å². The number of alkyl halides is 2. The Morgan fingerprint density at radius 1 is 1.20 bits per heavy atom. The molecule has 1 aliphatic carbocycles. The van der Waals surface area contributed by atoms with Gasteiger partial charge in [0.15, 0.2) is 11.5 Å². The molecule has 0 saturated heterocycles. The standard InChI is InChI=1S/C17H21F2NO5/c1-24-13-8-7-10(9-14(13)25-17(18)19)15(21)20-12-6-4-2-3-5-11(12)16(22)23/h7-9,11-12,17H,2-6H2,1H3,(H,20,21)(H,22,23)/t11-,12+/m1/s1. The van der Waals surface area contributed by atoms with Crippen LogP contribution in [0.1, 0.15) is 42.5 Å². The summed E-state index contributed by atoms with van der Waals surface area (Å²) < 4.78 is 34.3. The summed E-state index contributed by atoms with van der Waals surface area (Å²) in [5.41, 5.74) is 0.102. The third kappa shape index (κ3) is 5.04. The van der Waals surface area contributed by atoms with Gasteiger partial charge in [0.1, 0.15) is 0 Å². The quantitative estimate of drug-likeness (QED) is 0.765. The third-order valence-corrected chi connectivity index (χ3v) is 4.29. The van der Waals surface area contributed by atoms with Gasteiger partial charge in [-0.15, -0.1) is 0 Å². The summed E-state index contributed by atoms with van der Waals surface area (Å²) in [6, 6.07) is 3.44. The number of carbonyl (C=O) groups is 2. The molecule has 25 heavy (non-hydrogen) atoms. The summed E-state index contributed by atoms with van der Waals surface area (Å²) in [5.74, 6) is -2.29. The fourth-order valence-corrected chi connectivity index (χ4v) is 3.03. The van der Waals surface area contributed by atoms with Crippen molar-refractivity contribution in [2.75, 3.05) is 7.11 Å². The Kier molecular flexibility index (Phi) is 6.55. The van der Waals surface area contributed by atoms with Gasteiger partial charge in [-0.25, -0.2) is 0 Å². The monoisotopic (exact) mass is 357 g/mol. The molecule has 0 bridgehead atoms. The number of nitrogens with one attached hydrogen (secondary N) is 1. The molecule has 0 unspecified atom stereocenters. The van der Waals surface area contributed by atoms with E-state index < -0.39 is 30.4 Å². The van der Waals surface area contributed by atoms with Crippen LogP contribution >= 0.6 is 0 Å². The molecule has 1 amide bonds. The zero-order valence-corrected chi connectivity index (χ0v) is 13.8. The van der Waals surface area contributed by atoms with Crippen LogP contribution in [0.15, 0.2) is 18.2 Å². The van der Waals surface area contributed by atoms with Gasteiger partial charge in [0.2, 0.25) is 0 Å². The summed E-state index contributed by atoms with van der Waals surface area (Å²) in [6.07, 6.45) is 3.63. The maximum atomic E-state index is 12.5. The molecule has 138 valence electrons. The summed E-state index contributed by atoms with van der Waals surface area (Å²) in [6.45, 7) is -3.05. The van der Waals surface area contributed by atoms with Gasteiger partial charge in [-0.2, -0.15) is 8.78 Å². The van der Waals surface area contributed by atoms with Crippen molar-refractivity contribution < 1.29 is 33.0 Å². The minimum absolute atomic E-state index is 0.0785. The molecule has 2 N–H and O–H groups in total. The maximum Gasteiger partial charge on any atom is 0.387 e. The molecule has 1 saturated carbocycles. The van der Waals surface area contributed by atoms with Crippen LogP contribution in [0.2, 0.25) is 0 Å².